The van der Waals surface area contributed by atoms with Crippen molar-refractivity contribution in [3.8, 4) is 0 Å². The molecule has 0 bridgehead atoms. The van der Waals surface area contributed by atoms with Crippen molar-refractivity contribution in [2.75, 3.05) is 124 Å². The number of rotatable bonds is 36. The van der Waals surface area contributed by atoms with E-state index in [1.54, 1.807) is 31.2 Å². The quantitative estimate of drug-likeness (QED) is 0.0530. The molecular weight excluding hydrogens is 786 g/mol. The molecule has 4 N–H and O–H groups in total. The number of benzene rings is 1. The molecule has 1 aliphatic rings. The molecule has 337 valence electrons. The van der Waals surface area contributed by atoms with E-state index in [1.807, 2.05) is 13.8 Å². The summed E-state index contributed by atoms with van der Waals surface area (Å²) in [7, 11) is 0. The second-order valence-electron chi connectivity index (χ2n) is 13.6. The lowest BCUT2D eigenvalue weighted by Crippen LogP contribution is -2.53. The fourth-order valence-corrected chi connectivity index (χ4v) is 5.01. The van der Waals surface area contributed by atoms with Crippen molar-refractivity contribution in [1.82, 2.24) is 20.9 Å². The third-order valence-electron chi connectivity index (χ3n) is 8.35. The largest absolute Gasteiger partial charge is 0.379 e. The van der Waals surface area contributed by atoms with Crippen molar-refractivity contribution in [3.63, 3.8) is 0 Å². The van der Waals surface area contributed by atoms with E-state index in [2.05, 4.69) is 28.2 Å². The third kappa shape index (κ3) is 24.7. The Labute approximate surface area is 352 Å². The van der Waals surface area contributed by atoms with E-state index < -0.39 is 29.8 Å². The minimum atomic E-state index is -0.814. The van der Waals surface area contributed by atoms with Crippen LogP contribution in [-0.2, 0) is 66.7 Å². The van der Waals surface area contributed by atoms with Gasteiger partial charge in [-0.15, -0.1) is 0 Å². The van der Waals surface area contributed by atoms with Crippen LogP contribution in [0.1, 0.15) is 39.2 Å². The molecule has 0 saturated carbocycles. The molecule has 6 amide bonds. The number of carbonyl (C=O) groups excluding carboxylic acids is 6. The van der Waals surface area contributed by atoms with Crippen LogP contribution in [0.4, 0.5) is 5.69 Å². The molecule has 1 radical (unpaired) electrons. The van der Waals surface area contributed by atoms with Gasteiger partial charge < -0.3 is 59.2 Å². The molecule has 19 nitrogen and oxygen atoms in total. The van der Waals surface area contributed by atoms with Crippen molar-refractivity contribution < 1.29 is 66.7 Å². The Balaban J connectivity index is 1.28. The molecule has 1 heterocycles. The second kappa shape index (κ2) is 32.4. The SMILES string of the molecule is [CH2]c1ccc(NC(=O)[C@H](C)NC(=O)[C@@H](NC(=O)CCOCCOCCOCCOCCOCCOCCOCCOCCNC(=O)CCN2C(=O)C=CC2=O)C(C)C)cc1. The summed E-state index contributed by atoms with van der Waals surface area (Å²) in [6.07, 6.45) is 2.48. The molecule has 0 saturated heterocycles. The zero-order chi connectivity index (χ0) is 43.8. The van der Waals surface area contributed by atoms with E-state index in [0.29, 0.717) is 111 Å². The first-order valence-corrected chi connectivity index (χ1v) is 20.2. The van der Waals surface area contributed by atoms with Crippen LogP contribution in [0, 0.1) is 12.8 Å². The van der Waals surface area contributed by atoms with E-state index >= 15 is 0 Å². The Morgan fingerprint density at radius 3 is 1.45 bits per heavy atom. The molecule has 60 heavy (non-hydrogen) atoms. The van der Waals surface area contributed by atoms with Crippen LogP contribution in [-0.4, -0.2) is 171 Å². The van der Waals surface area contributed by atoms with Gasteiger partial charge in [-0.05, 0) is 37.5 Å². The molecular formula is C41H64N5O14. The summed E-state index contributed by atoms with van der Waals surface area (Å²) in [6.45, 7) is 15.4. The van der Waals surface area contributed by atoms with Crippen molar-refractivity contribution >= 4 is 41.1 Å². The fraction of sp³-hybridized carbons (Fsp3) is 0.634. The van der Waals surface area contributed by atoms with Gasteiger partial charge in [0.2, 0.25) is 23.6 Å². The maximum absolute atomic E-state index is 12.9. The van der Waals surface area contributed by atoms with Crippen molar-refractivity contribution in [3.05, 3.63) is 48.9 Å². The lowest BCUT2D eigenvalue weighted by molar-refractivity contribution is -0.137. The molecule has 0 unspecified atom stereocenters. The van der Waals surface area contributed by atoms with Gasteiger partial charge >= 0.3 is 0 Å². The van der Waals surface area contributed by atoms with E-state index in [0.717, 1.165) is 10.5 Å². The summed E-state index contributed by atoms with van der Waals surface area (Å²) in [5, 5.41) is 10.8. The summed E-state index contributed by atoms with van der Waals surface area (Å²) in [4.78, 5) is 73.6. The smallest absolute Gasteiger partial charge is 0.253 e. The van der Waals surface area contributed by atoms with Gasteiger partial charge in [0.25, 0.3) is 11.8 Å². The molecule has 2 atom stereocenters. The number of anilines is 1. The Kier molecular flexibility index (Phi) is 28.0. The highest BCUT2D eigenvalue weighted by atomic mass is 16.6. The van der Waals surface area contributed by atoms with Crippen LogP contribution >= 0.6 is 0 Å². The van der Waals surface area contributed by atoms with Crippen LogP contribution < -0.4 is 21.3 Å². The first-order chi connectivity index (χ1) is 29.0. The van der Waals surface area contributed by atoms with E-state index in [-0.39, 0.29) is 49.6 Å². The van der Waals surface area contributed by atoms with Gasteiger partial charge in [-0.25, -0.2) is 0 Å². The van der Waals surface area contributed by atoms with Gasteiger partial charge in [-0.1, -0.05) is 26.0 Å². The van der Waals surface area contributed by atoms with Gasteiger partial charge in [-0.2, -0.15) is 0 Å². The predicted molar refractivity (Wildman–Crippen MR) is 219 cm³/mol. The Morgan fingerprint density at radius 1 is 0.567 bits per heavy atom. The average Bonchev–Trinajstić information content (AvgIpc) is 3.54. The van der Waals surface area contributed by atoms with Crippen LogP contribution in [0.25, 0.3) is 0 Å². The topological polar surface area (TPSA) is 228 Å². The van der Waals surface area contributed by atoms with Gasteiger partial charge in [0, 0.05) is 43.8 Å². The summed E-state index contributed by atoms with van der Waals surface area (Å²) >= 11 is 0. The highest BCUT2D eigenvalue weighted by Gasteiger charge is 2.27. The molecule has 19 heteroatoms. The van der Waals surface area contributed by atoms with Crippen LogP contribution in [0.2, 0.25) is 0 Å². The van der Waals surface area contributed by atoms with E-state index in [1.165, 1.54) is 12.2 Å². The predicted octanol–water partition coefficient (Wildman–Crippen LogP) is 0.407. The highest BCUT2D eigenvalue weighted by Crippen LogP contribution is 2.10. The Morgan fingerprint density at radius 2 is 1.00 bits per heavy atom. The Bertz CT molecular complexity index is 1430. The summed E-state index contributed by atoms with van der Waals surface area (Å²) < 4.78 is 43.7. The van der Waals surface area contributed by atoms with Crippen LogP contribution in [0.3, 0.4) is 0 Å². The minimum Gasteiger partial charge on any atom is -0.379 e. The van der Waals surface area contributed by atoms with Gasteiger partial charge in [-0.3, -0.25) is 33.7 Å². The first-order valence-electron chi connectivity index (χ1n) is 20.2. The summed E-state index contributed by atoms with van der Waals surface area (Å²) in [5.74, 6) is -2.45. The number of ether oxygens (including phenoxy) is 8. The number of carbonyl (C=O) groups is 6. The fourth-order valence-electron chi connectivity index (χ4n) is 5.01. The number of nitrogens with one attached hydrogen (secondary N) is 4. The Hall–Kier alpha value is -4.34. The first kappa shape index (κ1) is 51.8. The lowest BCUT2D eigenvalue weighted by atomic mass is 10.0. The van der Waals surface area contributed by atoms with Crippen molar-refractivity contribution in [1.29, 1.82) is 0 Å². The van der Waals surface area contributed by atoms with Crippen molar-refractivity contribution in [2.24, 2.45) is 5.92 Å². The lowest BCUT2D eigenvalue weighted by Gasteiger charge is -2.24. The van der Waals surface area contributed by atoms with Crippen LogP contribution in [0.15, 0.2) is 36.4 Å². The summed E-state index contributed by atoms with van der Waals surface area (Å²) in [6, 6.07) is 5.37. The normalized spacial score (nSPS) is 13.4. The van der Waals surface area contributed by atoms with Gasteiger partial charge in [0.05, 0.1) is 106 Å². The molecule has 1 aromatic rings. The molecule has 0 spiro atoms. The number of hydrogen-bond acceptors (Lipinski definition) is 14. The number of nitrogens with zero attached hydrogens (tertiary/aromatic N) is 1. The van der Waals surface area contributed by atoms with E-state index in [4.69, 9.17) is 37.9 Å². The molecule has 0 aromatic heterocycles. The van der Waals surface area contributed by atoms with E-state index in [9.17, 15) is 28.8 Å². The molecule has 1 aliphatic heterocycles. The summed E-state index contributed by atoms with van der Waals surface area (Å²) in [5.41, 5.74) is 1.41. The van der Waals surface area contributed by atoms with Crippen molar-refractivity contribution in [2.45, 2.75) is 45.7 Å². The minimum absolute atomic E-state index is 0.0390. The standard InChI is InChI=1S/C41H64N5O14/c1-31(2)39(41(52)43-33(4)40(51)44-34-7-5-32(3)6-8-34)45-36(48)12-15-53-17-19-55-21-23-57-25-27-59-29-30-60-28-26-58-24-22-56-20-18-54-16-13-42-35(47)11-14-46-37(49)9-10-38(46)50/h5-10,31,33,39H,3,11-30H2,1-2,4H3,(H,42,47)(H,43,52)(H,44,51)(H,45,48)/t33-,39-/m0/s1. The zero-order valence-electron chi connectivity index (χ0n) is 35.2. The van der Waals surface area contributed by atoms with Gasteiger partial charge in [0.15, 0.2) is 0 Å². The highest BCUT2D eigenvalue weighted by molar-refractivity contribution is 6.13. The molecule has 0 aliphatic carbocycles. The maximum Gasteiger partial charge on any atom is 0.253 e. The molecule has 1 aromatic carbocycles. The zero-order valence-corrected chi connectivity index (χ0v) is 35.2. The number of imide groups is 1. The second-order valence-corrected chi connectivity index (χ2v) is 13.6. The van der Waals surface area contributed by atoms with Gasteiger partial charge in [0.1, 0.15) is 12.1 Å². The average molecular weight is 851 g/mol. The number of amides is 6. The molecule has 0 fully saturated rings. The maximum atomic E-state index is 12.9. The third-order valence-corrected chi connectivity index (χ3v) is 8.35. The molecule has 2 rings (SSSR count). The number of hydrogen-bond donors (Lipinski definition) is 4. The monoisotopic (exact) mass is 850 g/mol. The van der Waals surface area contributed by atoms with Crippen LogP contribution in [0.5, 0.6) is 0 Å².